The summed E-state index contributed by atoms with van der Waals surface area (Å²) in [5.74, 6) is 0. The number of epoxide rings is 1. The predicted octanol–water partition coefficient (Wildman–Crippen LogP) is -5.61. The standard InChI is InChI=1S/C17H32N4O9/c18-2-6-10(24)11(25)17(26-6)30-15-9(23)4(19)1-5(20)12(15)29-16-8(21)14-13(28-14)7(3-22)27-16/h4-17,22-25H,1-3,18-21H2/t4-,5?,6-,7?,8?,9-,10?,11+,12-,13-,14-,15?,16-,17+/m1/s1. The van der Waals surface area contributed by atoms with Crippen LogP contribution < -0.4 is 22.9 Å². The number of nitrogens with two attached hydrogens (primary N) is 4. The molecule has 0 aromatic rings. The highest BCUT2D eigenvalue weighted by molar-refractivity contribution is 5.05. The van der Waals surface area contributed by atoms with Crippen molar-refractivity contribution in [3.63, 3.8) is 0 Å². The third kappa shape index (κ3) is 3.99. The highest BCUT2D eigenvalue weighted by Crippen LogP contribution is 2.38. The lowest BCUT2D eigenvalue weighted by Crippen LogP contribution is -2.66. The Balaban J connectivity index is 1.49. The van der Waals surface area contributed by atoms with E-state index in [4.69, 9.17) is 46.6 Å². The minimum Gasteiger partial charge on any atom is -0.394 e. The van der Waals surface area contributed by atoms with Crippen LogP contribution in [0, 0.1) is 0 Å². The van der Waals surface area contributed by atoms with E-state index in [1.165, 1.54) is 0 Å². The summed E-state index contributed by atoms with van der Waals surface area (Å²) in [5, 5.41) is 40.4. The minimum atomic E-state index is -1.38. The molecule has 0 spiro atoms. The first-order valence-electron chi connectivity index (χ1n) is 10.2. The smallest absolute Gasteiger partial charge is 0.187 e. The maximum atomic E-state index is 10.7. The molecule has 5 unspecified atom stereocenters. The maximum absolute atomic E-state index is 10.7. The van der Waals surface area contributed by atoms with Gasteiger partial charge in [-0.3, -0.25) is 0 Å². The molecular formula is C17H32N4O9. The van der Waals surface area contributed by atoms with E-state index in [0.29, 0.717) is 0 Å². The first kappa shape index (κ1) is 22.7. The Labute approximate surface area is 173 Å². The van der Waals surface area contributed by atoms with Crippen LogP contribution in [0.4, 0.5) is 0 Å². The van der Waals surface area contributed by atoms with Crippen LogP contribution in [-0.2, 0) is 23.7 Å². The number of aliphatic hydroxyl groups excluding tert-OH is 4. The fraction of sp³-hybridized carbons (Fsp3) is 1.00. The van der Waals surface area contributed by atoms with Gasteiger partial charge in [-0.1, -0.05) is 0 Å². The molecule has 12 N–H and O–H groups in total. The van der Waals surface area contributed by atoms with Crippen LogP contribution >= 0.6 is 0 Å². The molecule has 30 heavy (non-hydrogen) atoms. The van der Waals surface area contributed by atoms with Crippen LogP contribution in [0.2, 0.25) is 0 Å². The fourth-order valence-electron chi connectivity index (χ4n) is 4.45. The highest BCUT2D eigenvalue weighted by atomic mass is 16.7. The van der Waals surface area contributed by atoms with Gasteiger partial charge in [0.25, 0.3) is 0 Å². The second-order valence-corrected chi connectivity index (χ2v) is 8.38. The average Bonchev–Trinajstić information content (AvgIpc) is 3.48. The van der Waals surface area contributed by atoms with Crippen LogP contribution in [0.3, 0.4) is 0 Å². The van der Waals surface area contributed by atoms with Gasteiger partial charge in [-0.25, -0.2) is 0 Å². The Hall–Kier alpha value is -0.520. The fourth-order valence-corrected chi connectivity index (χ4v) is 4.45. The predicted molar refractivity (Wildman–Crippen MR) is 98.4 cm³/mol. The van der Waals surface area contributed by atoms with Crippen molar-refractivity contribution in [1.29, 1.82) is 0 Å². The van der Waals surface area contributed by atoms with Gasteiger partial charge in [-0.05, 0) is 6.42 Å². The molecule has 3 saturated heterocycles. The van der Waals surface area contributed by atoms with Crippen LogP contribution in [-0.4, -0.2) is 119 Å². The average molecular weight is 436 g/mol. The quantitative estimate of drug-likeness (QED) is 0.182. The Morgan fingerprint density at radius 3 is 2.07 bits per heavy atom. The molecule has 3 aliphatic heterocycles. The van der Waals surface area contributed by atoms with Crippen molar-refractivity contribution in [2.75, 3.05) is 13.2 Å². The summed E-state index contributed by atoms with van der Waals surface area (Å²) < 4.78 is 28.5. The number of hydrogen-bond acceptors (Lipinski definition) is 13. The summed E-state index contributed by atoms with van der Waals surface area (Å²) in [4.78, 5) is 0. The molecule has 13 heteroatoms. The van der Waals surface area contributed by atoms with Crippen molar-refractivity contribution in [1.82, 2.24) is 0 Å². The topological polar surface area (TPSA) is 234 Å². The van der Waals surface area contributed by atoms with Crippen molar-refractivity contribution in [2.24, 2.45) is 22.9 Å². The molecule has 4 rings (SSSR count). The van der Waals surface area contributed by atoms with Crippen LogP contribution in [0.15, 0.2) is 0 Å². The van der Waals surface area contributed by atoms with E-state index in [1.807, 2.05) is 0 Å². The zero-order valence-electron chi connectivity index (χ0n) is 16.3. The lowest BCUT2D eigenvalue weighted by molar-refractivity contribution is -0.285. The van der Waals surface area contributed by atoms with Gasteiger partial charge < -0.3 is 67.0 Å². The number of hydrogen-bond donors (Lipinski definition) is 8. The van der Waals surface area contributed by atoms with E-state index < -0.39 is 73.4 Å². The van der Waals surface area contributed by atoms with Gasteiger partial charge in [-0.2, -0.15) is 0 Å². The first-order chi connectivity index (χ1) is 14.3. The third-order valence-electron chi connectivity index (χ3n) is 6.31. The lowest BCUT2D eigenvalue weighted by atomic mass is 9.84. The number of aliphatic hydroxyl groups is 4. The van der Waals surface area contributed by atoms with Crippen molar-refractivity contribution < 1.29 is 44.1 Å². The molecule has 14 atom stereocenters. The first-order valence-corrected chi connectivity index (χ1v) is 10.2. The second kappa shape index (κ2) is 8.78. The molecule has 0 aromatic heterocycles. The molecule has 4 aliphatic rings. The molecular weight excluding hydrogens is 404 g/mol. The summed E-state index contributed by atoms with van der Waals surface area (Å²) in [6.07, 6.45) is -9.85. The largest absolute Gasteiger partial charge is 0.394 e. The van der Waals surface area contributed by atoms with E-state index in [-0.39, 0.29) is 31.8 Å². The summed E-state index contributed by atoms with van der Waals surface area (Å²) >= 11 is 0. The molecule has 0 radical (unpaired) electrons. The normalized spacial score (nSPS) is 56.0. The van der Waals surface area contributed by atoms with Crippen molar-refractivity contribution in [3.8, 4) is 0 Å². The summed E-state index contributed by atoms with van der Waals surface area (Å²) in [6.45, 7) is -0.293. The Morgan fingerprint density at radius 2 is 1.43 bits per heavy atom. The number of rotatable bonds is 6. The Bertz CT molecular complexity index is 606. The summed E-state index contributed by atoms with van der Waals surface area (Å²) in [5.41, 5.74) is 23.9. The van der Waals surface area contributed by atoms with E-state index in [0.717, 1.165) is 0 Å². The van der Waals surface area contributed by atoms with Gasteiger partial charge in [0, 0.05) is 18.6 Å². The zero-order chi connectivity index (χ0) is 21.7. The number of ether oxygens (including phenoxy) is 5. The molecule has 4 fully saturated rings. The molecule has 13 nitrogen and oxygen atoms in total. The van der Waals surface area contributed by atoms with Gasteiger partial charge in [0.15, 0.2) is 12.6 Å². The lowest BCUT2D eigenvalue weighted by Gasteiger charge is -2.45. The molecule has 0 bridgehead atoms. The highest BCUT2D eigenvalue weighted by Gasteiger charge is 2.58. The van der Waals surface area contributed by atoms with Gasteiger partial charge >= 0.3 is 0 Å². The zero-order valence-corrected chi connectivity index (χ0v) is 16.3. The van der Waals surface area contributed by atoms with E-state index in [9.17, 15) is 20.4 Å². The monoisotopic (exact) mass is 436 g/mol. The molecule has 0 aromatic carbocycles. The van der Waals surface area contributed by atoms with E-state index >= 15 is 0 Å². The van der Waals surface area contributed by atoms with Gasteiger partial charge in [0.2, 0.25) is 0 Å². The van der Waals surface area contributed by atoms with Crippen molar-refractivity contribution >= 4 is 0 Å². The van der Waals surface area contributed by atoms with Crippen LogP contribution in [0.5, 0.6) is 0 Å². The minimum absolute atomic E-state index is 0.0276. The third-order valence-corrected chi connectivity index (χ3v) is 6.31. The van der Waals surface area contributed by atoms with Crippen molar-refractivity contribution in [3.05, 3.63) is 0 Å². The molecule has 0 amide bonds. The Morgan fingerprint density at radius 1 is 0.767 bits per heavy atom. The molecule has 3 heterocycles. The van der Waals surface area contributed by atoms with Crippen LogP contribution in [0.25, 0.3) is 0 Å². The van der Waals surface area contributed by atoms with E-state index in [1.54, 1.807) is 0 Å². The second-order valence-electron chi connectivity index (χ2n) is 8.38. The SMILES string of the molecule is NC[C@H]1O[C@@H](OC2[C@H](O[C@H]3OC(CO)[C@H]4O[C@@H]4C3N)C(N)C[C@@H](N)[C@H]2O)[C@@H](O)C1O. The Kier molecular flexibility index (Phi) is 6.64. The van der Waals surface area contributed by atoms with Crippen LogP contribution in [0.1, 0.15) is 6.42 Å². The summed E-state index contributed by atoms with van der Waals surface area (Å²) in [6, 6.07) is -1.99. The van der Waals surface area contributed by atoms with Gasteiger partial charge in [0.1, 0.15) is 48.8 Å². The number of fused-ring (bicyclic) bond motifs is 1. The van der Waals surface area contributed by atoms with Gasteiger partial charge in [-0.15, -0.1) is 0 Å². The van der Waals surface area contributed by atoms with Crippen molar-refractivity contribution in [2.45, 2.75) is 92.1 Å². The molecule has 174 valence electrons. The summed E-state index contributed by atoms with van der Waals surface area (Å²) in [7, 11) is 0. The molecule has 1 saturated carbocycles. The van der Waals surface area contributed by atoms with E-state index in [2.05, 4.69) is 0 Å². The van der Waals surface area contributed by atoms with Gasteiger partial charge in [0.05, 0.1) is 18.8 Å². The maximum Gasteiger partial charge on any atom is 0.187 e. The molecule has 1 aliphatic carbocycles.